The van der Waals surface area contributed by atoms with Crippen LogP contribution in [0.15, 0.2) is 12.1 Å². The van der Waals surface area contributed by atoms with E-state index in [1.165, 1.54) is 6.07 Å². The minimum Gasteiger partial charge on any atom is -0.493 e. The van der Waals surface area contributed by atoms with E-state index in [1.54, 1.807) is 0 Å². The van der Waals surface area contributed by atoms with Gasteiger partial charge in [0.05, 0.1) is 13.6 Å². The van der Waals surface area contributed by atoms with E-state index in [9.17, 15) is 4.39 Å². The van der Waals surface area contributed by atoms with Crippen molar-refractivity contribution < 1.29 is 14.7 Å². The highest BCUT2D eigenvalue weighted by Gasteiger charge is 2.18. The Balaban J connectivity index is 2.57. The minimum absolute atomic E-state index is 0.137. The van der Waals surface area contributed by atoms with Gasteiger partial charge in [-0.05, 0) is 12.1 Å². The molecule has 1 aromatic carbocycles. The number of halogens is 1. The van der Waals surface area contributed by atoms with Crippen molar-refractivity contribution in [1.29, 1.82) is 0 Å². The number of benzene rings is 1. The van der Waals surface area contributed by atoms with Crippen LogP contribution in [0.3, 0.4) is 0 Å². The molecular formula is C9H10FNO. The molecule has 2 nitrogen and oxygen atoms in total. The van der Waals surface area contributed by atoms with Crippen molar-refractivity contribution in [1.82, 2.24) is 0 Å². The quantitative estimate of drug-likeness (QED) is 0.695. The topological polar surface area (TPSA) is 21.3 Å². The third kappa shape index (κ3) is 0.932. The molecule has 1 N–H and O–H groups in total. The number of anilines is 1. The third-order valence-electron chi connectivity index (χ3n) is 1.72. The Morgan fingerprint density at radius 2 is 2.75 bits per heavy atom. The zero-order valence-electron chi connectivity index (χ0n) is 10.2. The second kappa shape index (κ2) is 2.66. The third-order valence-corrected chi connectivity index (χ3v) is 1.72. The van der Waals surface area contributed by atoms with Crippen molar-refractivity contribution in [3.8, 4) is 5.75 Å². The monoisotopic (exact) mass is 171 g/mol. The first kappa shape index (κ1) is 4.12. The van der Waals surface area contributed by atoms with Crippen LogP contribution in [0, 0.1) is 5.82 Å². The summed E-state index contributed by atoms with van der Waals surface area (Å²) in [5.41, 5.74) is 0.0458. The molecule has 64 valence electrons. The largest absolute Gasteiger partial charge is 0.493 e. The lowest BCUT2D eigenvalue weighted by Crippen LogP contribution is -1.96. The van der Waals surface area contributed by atoms with Gasteiger partial charge in [-0.3, -0.25) is 0 Å². The number of fused-ring (bicyclic) bond motifs is 1. The van der Waals surface area contributed by atoms with E-state index in [0.717, 1.165) is 6.07 Å². The maximum Gasteiger partial charge on any atom is 0.160 e. The molecule has 1 aliphatic rings. The van der Waals surface area contributed by atoms with Crippen molar-refractivity contribution in [3.05, 3.63) is 23.5 Å². The molecule has 0 aromatic heterocycles. The van der Waals surface area contributed by atoms with Gasteiger partial charge in [-0.2, -0.15) is 0 Å². The van der Waals surface area contributed by atoms with Crippen LogP contribution >= 0.6 is 0 Å². The Morgan fingerprint density at radius 3 is 3.58 bits per heavy atom. The predicted molar refractivity (Wildman–Crippen MR) is 45.1 cm³/mol. The van der Waals surface area contributed by atoms with Gasteiger partial charge < -0.3 is 10.0 Å². The summed E-state index contributed by atoms with van der Waals surface area (Å²) in [4.78, 5) is 0. The molecule has 2 rings (SSSR count). The first-order chi connectivity index (χ1) is 7.56. The standard InChI is InChI=1S/C9H10FNO/c1-11-9-6-4-5-12-8(6)3-2-7(9)10/h2-3,11H,4-5H2,1H3/i1D,4D,5D/hD. The average Bonchev–Trinajstić information content (AvgIpc) is 2.55. The molecule has 0 saturated carbocycles. The van der Waals surface area contributed by atoms with E-state index >= 15 is 0 Å². The molecule has 12 heavy (non-hydrogen) atoms. The van der Waals surface area contributed by atoms with E-state index in [0.29, 0.717) is 5.31 Å². The lowest BCUT2D eigenvalue weighted by molar-refractivity contribution is 0.356. The summed E-state index contributed by atoms with van der Waals surface area (Å²) in [6.45, 7) is -1.10. The molecule has 3 heteroatoms. The van der Waals surface area contributed by atoms with Crippen LogP contribution in [0.25, 0.3) is 0 Å². The molecule has 0 fully saturated rings. The van der Waals surface area contributed by atoms with Crippen molar-refractivity contribution >= 4 is 5.69 Å². The van der Waals surface area contributed by atoms with Crippen LogP contribution < -0.4 is 10.0 Å². The van der Waals surface area contributed by atoms with Crippen LogP contribution in [0.1, 0.15) is 9.68 Å². The molecule has 0 amide bonds. The van der Waals surface area contributed by atoms with Crippen LogP contribution in [-0.4, -0.2) is 13.6 Å². The van der Waals surface area contributed by atoms with Crippen LogP contribution in [0.5, 0.6) is 5.75 Å². The fraction of sp³-hybridized carbons (Fsp3) is 0.333. The summed E-state index contributed by atoms with van der Waals surface area (Å²) >= 11 is 0. The molecule has 0 saturated heterocycles. The number of nitrogens with one attached hydrogen (secondary N) is 1. The average molecular weight is 171 g/mol. The summed E-state index contributed by atoms with van der Waals surface area (Å²) in [6.07, 6.45) is -1.04. The highest BCUT2D eigenvalue weighted by atomic mass is 19.1. The Morgan fingerprint density at radius 1 is 1.83 bits per heavy atom. The van der Waals surface area contributed by atoms with Crippen molar-refractivity contribution in [2.24, 2.45) is 0 Å². The van der Waals surface area contributed by atoms with Crippen LogP contribution in [0.2, 0.25) is 1.41 Å². The van der Waals surface area contributed by atoms with E-state index < -0.39 is 25.8 Å². The molecule has 0 bridgehead atoms. The second-order valence-corrected chi connectivity index (χ2v) is 2.39. The number of ether oxygens (including phenoxy) is 1. The zero-order valence-corrected chi connectivity index (χ0v) is 6.25. The maximum absolute atomic E-state index is 13.5. The Kier molecular flexibility index (Phi) is 0.913. The zero-order chi connectivity index (χ0) is 11.9. The van der Waals surface area contributed by atoms with E-state index in [2.05, 4.69) is 0 Å². The van der Waals surface area contributed by atoms with Gasteiger partial charge in [0.2, 0.25) is 0 Å². The minimum atomic E-state index is -1.10. The first-order valence-corrected chi connectivity index (χ1v) is 3.45. The van der Waals surface area contributed by atoms with Gasteiger partial charge in [0.25, 0.3) is 0 Å². The van der Waals surface area contributed by atoms with Gasteiger partial charge in [0.15, 0.2) is 1.41 Å². The summed E-state index contributed by atoms with van der Waals surface area (Å²) in [7, 11) is -0.442. The molecule has 0 spiro atoms. The van der Waals surface area contributed by atoms with Gasteiger partial charge in [-0.15, -0.1) is 0 Å². The lowest BCUT2D eigenvalue weighted by atomic mass is 10.1. The maximum atomic E-state index is 13.5. The molecule has 2 atom stereocenters. The van der Waals surface area contributed by atoms with Gasteiger partial charge in [0, 0.05) is 21.7 Å². The smallest absolute Gasteiger partial charge is 0.160 e. The molecule has 2 unspecified atom stereocenters. The van der Waals surface area contributed by atoms with E-state index in [-0.39, 0.29) is 17.0 Å². The second-order valence-electron chi connectivity index (χ2n) is 2.39. The van der Waals surface area contributed by atoms with E-state index in [1.807, 2.05) is 0 Å². The molecule has 1 aliphatic heterocycles. The summed E-state index contributed by atoms with van der Waals surface area (Å²) in [5, 5.41) is 0.650. The highest BCUT2D eigenvalue weighted by Crippen LogP contribution is 2.33. The van der Waals surface area contributed by atoms with Gasteiger partial charge >= 0.3 is 0 Å². The molecule has 0 aliphatic carbocycles. The van der Waals surface area contributed by atoms with Gasteiger partial charge in [-0.25, -0.2) is 4.39 Å². The lowest BCUT2D eigenvalue weighted by Gasteiger charge is -2.06. The number of hydrogen-bond donors (Lipinski definition) is 1. The predicted octanol–water partition coefficient (Wildman–Crippen LogP) is 1.80. The fourth-order valence-corrected chi connectivity index (χ4v) is 1.16. The summed E-state index contributed by atoms with van der Waals surface area (Å²) in [6, 6.07) is 2.47. The number of rotatable bonds is 1. The van der Waals surface area contributed by atoms with Crippen molar-refractivity contribution in [2.75, 3.05) is 18.9 Å². The number of hydrogen-bond acceptors (Lipinski definition) is 2. The Bertz CT molecular complexity index is 417. The van der Waals surface area contributed by atoms with Crippen molar-refractivity contribution in [2.45, 2.75) is 6.40 Å². The Hall–Kier alpha value is -1.25. The fourth-order valence-electron chi connectivity index (χ4n) is 1.16. The molecular weight excluding hydrogens is 157 g/mol. The molecule has 0 radical (unpaired) electrons. The van der Waals surface area contributed by atoms with Gasteiger partial charge in [-0.1, -0.05) is 0 Å². The van der Waals surface area contributed by atoms with Crippen LogP contribution in [0.4, 0.5) is 10.1 Å². The molecule has 1 heterocycles. The summed E-state index contributed by atoms with van der Waals surface area (Å²) in [5.74, 6) is -0.418. The van der Waals surface area contributed by atoms with E-state index in [4.69, 9.17) is 10.3 Å². The van der Waals surface area contributed by atoms with Crippen LogP contribution in [-0.2, 0) is 6.40 Å². The Labute approximate surface area is 76.0 Å². The summed E-state index contributed by atoms with van der Waals surface area (Å²) < 4.78 is 48.2. The van der Waals surface area contributed by atoms with Crippen molar-refractivity contribution in [3.63, 3.8) is 0 Å². The molecule has 1 aromatic rings. The van der Waals surface area contributed by atoms with Gasteiger partial charge in [0.1, 0.15) is 11.6 Å². The first-order valence-electron chi connectivity index (χ1n) is 5.76. The SMILES string of the molecule is [2H]CN([2H])c1c(F)ccc2c1C([2H])C([2H])O2. The highest BCUT2D eigenvalue weighted by molar-refractivity contribution is 5.59. The normalized spacial score (nSPS) is 30.8.